The largest absolute Gasteiger partial charge is 0.342 e. The van der Waals surface area contributed by atoms with Crippen molar-refractivity contribution in [1.82, 2.24) is 9.80 Å². The van der Waals surface area contributed by atoms with Crippen molar-refractivity contribution in [3.8, 4) is 0 Å². The maximum atomic E-state index is 13.8. The summed E-state index contributed by atoms with van der Waals surface area (Å²) in [6, 6.07) is 30.7. The van der Waals surface area contributed by atoms with Gasteiger partial charge in [-0.05, 0) is 42.4 Å². The Morgan fingerprint density at radius 1 is 0.853 bits per heavy atom. The molecule has 0 saturated carbocycles. The molecule has 174 valence electrons. The van der Waals surface area contributed by atoms with Crippen LogP contribution in [0.2, 0.25) is 0 Å². The Bertz CT molecular complexity index is 1080. The summed E-state index contributed by atoms with van der Waals surface area (Å²) in [5, 5.41) is 0. The van der Waals surface area contributed by atoms with Gasteiger partial charge in [-0.1, -0.05) is 91.0 Å². The van der Waals surface area contributed by atoms with E-state index in [-0.39, 0.29) is 29.2 Å². The van der Waals surface area contributed by atoms with Crippen molar-refractivity contribution in [2.75, 3.05) is 20.1 Å². The predicted octanol–water partition coefficient (Wildman–Crippen LogP) is 4.90. The fraction of sp³-hybridized carbons (Fsp3) is 0.333. The molecular formula is C30H32N2O2. The first kappa shape index (κ1) is 22.4. The highest BCUT2D eigenvalue weighted by Gasteiger charge is 2.51. The number of rotatable bonds is 5. The Morgan fingerprint density at radius 2 is 1.35 bits per heavy atom. The topological polar surface area (TPSA) is 40.6 Å². The lowest BCUT2D eigenvalue weighted by molar-refractivity contribution is -0.142. The molecule has 0 N–H and O–H groups in total. The molecule has 2 aliphatic heterocycles. The van der Waals surface area contributed by atoms with Gasteiger partial charge in [0.2, 0.25) is 11.8 Å². The first-order valence-corrected chi connectivity index (χ1v) is 12.3. The highest BCUT2D eigenvalue weighted by Crippen LogP contribution is 2.45. The molecule has 2 aliphatic rings. The molecule has 0 bridgehead atoms. The Kier molecular flexibility index (Phi) is 6.23. The average molecular weight is 453 g/mol. The number of carbonyl (C=O) groups excluding carboxylic acids is 2. The Hall–Kier alpha value is -3.40. The molecule has 3 aromatic rings. The van der Waals surface area contributed by atoms with E-state index in [2.05, 4.69) is 24.3 Å². The minimum atomic E-state index is -0.333. The third kappa shape index (κ3) is 4.25. The van der Waals surface area contributed by atoms with Crippen molar-refractivity contribution in [3.05, 3.63) is 108 Å². The van der Waals surface area contributed by atoms with Crippen molar-refractivity contribution in [3.63, 3.8) is 0 Å². The Morgan fingerprint density at radius 3 is 1.88 bits per heavy atom. The van der Waals surface area contributed by atoms with E-state index >= 15 is 0 Å². The van der Waals surface area contributed by atoms with Gasteiger partial charge in [0.25, 0.3) is 0 Å². The lowest BCUT2D eigenvalue weighted by Gasteiger charge is -2.39. The fourth-order valence-corrected chi connectivity index (χ4v) is 5.83. The number of likely N-dealkylation sites (N-methyl/N-ethyl adjacent to an activating group) is 1. The molecule has 5 rings (SSSR count). The van der Waals surface area contributed by atoms with E-state index < -0.39 is 0 Å². The van der Waals surface area contributed by atoms with Gasteiger partial charge in [0, 0.05) is 26.2 Å². The first-order valence-electron chi connectivity index (χ1n) is 12.3. The van der Waals surface area contributed by atoms with Crippen molar-refractivity contribution >= 4 is 11.8 Å². The van der Waals surface area contributed by atoms with Crippen LogP contribution in [0.1, 0.15) is 41.9 Å². The maximum Gasteiger partial charge on any atom is 0.234 e. The number of amides is 2. The number of benzene rings is 3. The van der Waals surface area contributed by atoms with Crippen LogP contribution in [0.15, 0.2) is 91.0 Å². The average Bonchev–Trinajstić information content (AvgIpc) is 3.11. The maximum absolute atomic E-state index is 13.8. The zero-order valence-electron chi connectivity index (χ0n) is 19.8. The van der Waals surface area contributed by atoms with E-state index in [0.29, 0.717) is 13.1 Å². The molecule has 4 nitrogen and oxygen atoms in total. The Balaban J connectivity index is 1.31. The lowest BCUT2D eigenvalue weighted by Crippen LogP contribution is -2.47. The van der Waals surface area contributed by atoms with Crippen molar-refractivity contribution in [2.45, 2.75) is 37.6 Å². The van der Waals surface area contributed by atoms with E-state index in [1.54, 1.807) is 0 Å². The number of hydrogen-bond donors (Lipinski definition) is 0. The molecule has 2 fully saturated rings. The molecular weight excluding hydrogens is 420 g/mol. The lowest BCUT2D eigenvalue weighted by atomic mass is 9.75. The summed E-state index contributed by atoms with van der Waals surface area (Å²) in [5.74, 6) is 0.0688. The summed E-state index contributed by atoms with van der Waals surface area (Å²) >= 11 is 0. The van der Waals surface area contributed by atoms with E-state index in [4.69, 9.17) is 0 Å². The van der Waals surface area contributed by atoms with Crippen LogP contribution in [0.25, 0.3) is 0 Å². The van der Waals surface area contributed by atoms with Crippen molar-refractivity contribution in [1.29, 1.82) is 0 Å². The van der Waals surface area contributed by atoms with Crippen LogP contribution in [-0.4, -0.2) is 47.8 Å². The van der Waals surface area contributed by atoms with Gasteiger partial charge in [0.1, 0.15) is 0 Å². The standard InChI is InChI=1S/C30H32N2O2/c1-31-26(21-23-11-5-2-6-12-23)22-30(29(31)34)17-19-32(20-18-30)28(33)27(24-13-7-3-8-14-24)25-15-9-4-10-16-25/h2-16,26-27H,17-22H2,1H3/t26-/m1/s1. The zero-order chi connectivity index (χ0) is 23.5. The van der Waals surface area contributed by atoms with Crippen LogP contribution >= 0.6 is 0 Å². The summed E-state index contributed by atoms with van der Waals surface area (Å²) in [4.78, 5) is 31.1. The van der Waals surface area contributed by atoms with Crippen LogP contribution in [-0.2, 0) is 16.0 Å². The molecule has 4 heteroatoms. The quantitative estimate of drug-likeness (QED) is 0.552. The van der Waals surface area contributed by atoms with Gasteiger partial charge in [0.15, 0.2) is 0 Å². The van der Waals surface area contributed by atoms with Gasteiger partial charge in [-0.2, -0.15) is 0 Å². The van der Waals surface area contributed by atoms with Crippen molar-refractivity contribution < 1.29 is 9.59 Å². The van der Waals surface area contributed by atoms with Gasteiger partial charge in [-0.25, -0.2) is 0 Å². The monoisotopic (exact) mass is 452 g/mol. The molecule has 1 atom stereocenters. The molecule has 0 aromatic heterocycles. The highest BCUT2D eigenvalue weighted by atomic mass is 16.2. The van der Waals surface area contributed by atoms with E-state index in [1.165, 1.54) is 5.56 Å². The van der Waals surface area contributed by atoms with Gasteiger partial charge >= 0.3 is 0 Å². The van der Waals surface area contributed by atoms with Crippen LogP contribution in [0.4, 0.5) is 0 Å². The number of carbonyl (C=O) groups is 2. The molecule has 3 aromatic carbocycles. The SMILES string of the molecule is CN1C(=O)C2(CCN(C(=O)C(c3ccccc3)c3ccccc3)CC2)C[C@H]1Cc1ccccc1. The molecule has 2 heterocycles. The number of hydrogen-bond acceptors (Lipinski definition) is 2. The molecule has 1 spiro atoms. The minimum Gasteiger partial charge on any atom is -0.342 e. The molecule has 2 saturated heterocycles. The second kappa shape index (κ2) is 9.46. The minimum absolute atomic E-state index is 0.131. The van der Waals surface area contributed by atoms with E-state index in [0.717, 1.165) is 36.8 Å². The smallest absolute Gasteiger partial charge is 0.234 e. The summed E-state index contributed by atoms with van der Waals surface area (Å²) in [6.07, 6.45) is 3.24. The second-order valence-electron chi connectivity index (χ2n) is 9.82. The second-order valence-corrected chi connectivity index (χ2v) is 9.82. The molecule has 34 heavy (non-hydrogen) atoms. The molecule has 0 unspecified atom stereocenters. The number of piperidine rings is 1. The highest BCUT2D eigenvalue weighted by molar-refractivity contribution is 5.89. The molecule has 0 aliphatic carbocycles. The molecule has 0 radical (unpaired) electrons. The zero-order valence-corrected chi connectivity index (χ0v) is 19.8. The van der Waals surface area contributed by atoms with Crippen molar-refractivity contribution in [2.24, 2.45) is 5.41 Å². The van der Waals surface area contributed by atoms with Gasteiger partial charge < -0.3 is 9.80 Å². The third-order valence-corrected chi connectivity index (χ3v) is 7.81. The first-order chi connectivity index (χ1) is 16.6. The summed E-state index contributed by atoms with van der Waals surface area (Å²) in [7, 11) is 1.95. The summed E-state index contributed by atoms with van der Waals surface area (Å²) < 4.78 is 0. The normalized spacial score (nSPS) is 19.7. The van der Waals surface area contributed by atoms with Crippen LogP contribution < -0.4 is 0 Å². The Labute approximate surface area is 202 Å². The molecule has 2 amide bonds. The fourth-order valence-electron chi connectivity index (χ4n) is 5.83. The van der Waals surface area contributed by atoms with Crippen LogP contribution in [0, 0.1) is 5.41 Å². The van der Waals surface area contributed by atoms with Crippen LogP contribution in [0.3, 0.4) is 0 Å². The van der Waals surface area contributed by atoms with Crippen LogP contribution in [0.5, 0.6) is 0 Å². The third-order valence-electron chi connectivity index (χ3n) is 7.81. The van der Waals surface area contributed by atoms with Gasteiger partial charge in [0.05, 0.1) is 11.3 Å². The van der Waals surface area contributed by atoms with Gasteiger partial charge in [-0.3, -0.25) is 9.59 Å². The van der Waals surface area contributed by atoms with Gasteiger partial charge in [-0.15, -0.1) is 0 Å². The summed E-state index contributed by atoms with van der Waals surface area (Å²) in [5.41, 5.74) is 2.96. The summed E-state index contributed by atoms with van der Waals surface area (Å²) in [6.45, 7) is 1.26. The predicted molar refractivity (Wildman–Crippen MR) is 134 cm³/mol. The van der Waals surface area contributed by atoms with E-state index in [1.807, 2.05) is 83.6 Å². The van der Waals surface area contributed by atoms with E-state index in [9.17, 15) is 9.59 Å². The number of likely N-dealkylation sites (tertiary alicyclic amines) is 2. The number of nitrogens with zero attached hydrogens (tertiary/aromatic N) is 2.